The van der Waals surface area contributed by atoms with Gasteiger partial charge in [0.05, 0.1) is 4.90 Å². The van der Waals surface area contributed by atoms with Crippen molar-refractivity contribution < 1.29 is 8.42 Å². The van der Waals surface area contributed by atoms with Crippen molar-refractivity contribution in [2.75, 3.05) is 13.1 Å². The van der Waals surface area contributed by atoms with E-state index in [-0.39, 0.29) is 28.9 Å². The fourth-order valence-electron chi connectivity index (χ4n) is 2.91. The maximum Gasteiger partial charge on any atom is 0.255 e. The van der Waals surface area contributed by atoms with E-state index in [0.29, 0.717) is 17.3 Å². The molecular weight excluding hydrogens is 398 g/mol. The van der Waals surface area contributed by atoms with Crippen LogP contribution in [-0.2, 0) is 16.4 Å². The fraction of sp³-hybridized carbons (Fsp3) is 0.250. The van der Waals surface area contributed by atoms with E-state index in [1.54, 1.807) is 6.07 Å². The Labute approximate surface area is 170 Å². The second kappa shape index (κ2) is 9.84. The molecule has 3 aromatic rings. The molecule has 150 valence electrons. The highest BCUT2D eigenvalue weighted by molar-refractivity contribution is 7.89. The summed E-state index contributed by atoms with van der Waals surface area (Å²) in [5.74, 6) is 0. The standard InChI is InChI=1S/C20H23N3O3S.ClH/c1-15(14-21-11-9-16-5-3-2-4-6-16)23-27(25,26)18-7-8-19-17(13-18)10-12-22-20(19)24;/h2-8,10,12-13,15,21,23H,9,11,14H2,1H3,(H,22,24);1H. The molecule has 3 rings (SSSR count). The lowest BCUT2D eigenvalue weighted by atomic mass is 10.1. The van der Waals surface area contributed by atoms with Gasteiger partial charge in [0, 0.05) is 24.2 Å². The number of pyridine rings is 1. The average molecular weight is 422 g/mol. The summed E-state index contributed by atoms with van der Waals surface area (Å²) in [6.07, 6.45) is 2.40. The maximum atomic E-state index is 12.6. The normalized spacial score (nSPS) is 12.5. The molecule has 1 aromatic heterocycles. The number of rotatable bonds is 8. The Morgan fingerprint density at radius 1 is 1.07 bits per heavy atom. The first-order valence-corrected chi connectivity index (χ1v) is 10.3. The number of H-pyrrole nitrogens is 1. The second-order valence-electron chi connectivity index (χ2n) is 6.52. The molecule has 6 nitrogen and oxygen atoms in total. The van der Waals surface area contributed by atoms with E-state index in [1.807, 2.05) is 25.1 Å². The summed E-state index contributed by atoms with van der Waals surface area (Å²) in [6.45, 7) is 3.12. The topological polar surface area (TPSA) is 91.1 Å². The van der Waals surface area contributed by atoms with Gasteiger partial charge in [-0.3, -0.25) is 4.79 Å². The molecule has 0 bridgehead atoms. The molecule has 0 aliphatic heterocycles. The lowest BCUT2D eigenvalue weighted by Crippen LogP contribution is -2.40. The lowest BCUT2D eigenvalue weighted by Gasteiger charge is -2.15. The van der Waals surface area contributed by atoms with Crippen LogP contribution in [0.15, 0.2) is 70.5 Å². The number of nitrogens with one attached hydrogen (secondary N) is 3. The Bertz CT molecular complexity index is 1070. The number of benzene rings is 2. The van der Waals surface area contributed by atoms with Gasteiger partial charge in [0.25, 0.3) is 5.56 Å². The van der Waals surface area contributed by atoms with Crippen molar-refractivity contribution >= 4 is 33.2 Å². The van der Waals surface area contributed by atoms with E-state index in [4.69, 9.17) is 0 Å². The highest BCUT2D eigenvalue weighted by Crippen LogP contribution is 2.16. The van der Waals surface area contributed by atoms with Crippen molar-refractivity contribution in [3.05, 3.63) is 76.7 Å². The molecule has 0 aliphatic rings. The van der Waals surface area contributed by atoms with E-state index in [2.05, 4.69) is 27.2 Å². The largest absolute Gasteiger partial charge is 0.329 e. The highest BCUT2D eigenvalue weighted by Gasteiger charge is 2.17. The second-order valence-corrected chi connectivity index (χ2v) is 8.23. The van der Waals surface area contributed by atoms with Gasteiger partial charge in [0.15, 0.2) is 0 Å². The molecule has 0 saturated carbocycles. The van der Waals surface area contributed by atoms with Gasteiger partial charge < -0.3 is 10.3 Å². The lowest BCUT2D eigenvalue weighted by molar-refractivity contribution is 0.537. The third-order valence-electron chi connectivity index (χ3n) is 4.30. The summed E-state index contributed by atoms with van der Waals surface area (Å²) < 4.78 is 27.9. The molecule has 2 aromatic carbocycles. The quantitative estimate of drug-likeness (QED) is 0.487. The third-order valence-corrected chi connectivity index (χ3v) is 5.88. The van der Waals surface area contributed by atoms with Gasteiger partial charge in [-0.15, -0.1) is 12.4 Å². The molecule has 1 unspecified atom stereocenters. The van der Waals surface area contributed by atoms with E-state index < -0.39 is 10.0 Å². The Morgan fingerprint density at radius 3 is 2.57 bits per heavy atom. The zero-order chi connectivity index (χ0) is 19.3. The van der Waals surface area contributed by atoms with Crippen molar-refractivity contribution in [1.29, 1.82) is 0 Å². The molecule has 0 amide bonds. The molecule has 0 radical (unpaired) electrons. The summed E-state index contributed by atoms with van der Waals surface area (Å²) in [5.41, 5.74) is 1.00. The number of aromatic nitrogens is 1. The summed E-state index contributed by atoms with van der Waals surface area (Å²) in [6, 6.07) is 16.1. The van der Waals surface area contributed by atoms with Gasteiger partial charge in [-0.2, -0.15) is 0 Å². The maximum absolute atomic E-state index is 12.6. The first-order valence-electron chi connectivity index (χ1n) is 8.84. The van der Waals surface area contributed by atoms with Crippen LogP contribution < -0.4 is 15.6 Å². The van der Waals surface area contributed by atoms with Gasteiger partial charge in [-0.1, -0.05) is 30.3 Å². The Kier molecular flexibility index (Phi) is 7.77. The Morgan fingerprint density at radius 2 is 1.82 bits per heavy atom. The number of hydrogen-bond acceptors (Lipinski definition) is 4. The predicted octanol–water partition coefficient (Wildman–Crippen LogP) is 2.45. The SMILES string of the molecule is CC(CNCCc1ccccc1)NS(=O)(=O)c1ccc2c(=O)[nH]ccc2c1.Cl. The zero-order valence-corrected chi connectivity index (χ0v) is 17.1. The predicted molar refractivity (Wildman–Crippen MR) is 115 cm³/mol. The van der Waals surface area contributed by atoms with Gasteiger partial charge >= 0.3 is 0 Å². The monoisotopic (exact) mass is 421 g/mol. The minimum absolute atomic E-state index is 0. The van der Waals surface area contributed by atoms with E-state index in [0.717, 1.165) is 13.0 Å². The first kappa shape index (κ1) is 22.1. The fourth-order valence-corrected chi connectivity index (χ4v) is 4.19. The minimum atomic E-state index is -3.66. The van der Waals surface area contributed by atoms with Crippen LogP contribution in [0.25, 0.3) is 10.8 Å². The van der Waals surface area contributed by atoms with Crippen molar-refractivity contribution in [2.45, 2.75) is 24.3 Å². The smallest absolute Gasteiger partial charge is 0.255 e. The van der Waals surface area contributed by atoms with Crippen molar-refractivity contribution in [1.82, 2.24) is 15.0 Å². The number of halogens is 1. The molecule has 0 saturated heterocycles. The Hall–Kier alpha value is -2.19. The van der Waals surface area contributed by atoms with Gasteiger partial charge in [-0.25, -0.2) is 13.1 Å². The van der Waals surface area contributed by atoms with Crippen molar-refractivity contribution in [3.63, 3.8) is 0 Å². The van der Waals surface area contributed by atoms with Gasteiger partial charge in [-0.05, 0) is 55.1 Å². The van der Waals surface area contributed by atoms with Crippen LogP contribution >= 0.6 is 12.4 Å². The molecule has 1 atom stereocenters. The van der Waals surface area contributed by atoms with Crippen LogP contribution in [-0.4, -0.2) is 32.5 Å². The number of aromatic amines is 1. The van der Waals surface area contributed by atoms with Crippen molar-refractivity contribution in [3.8, 4) is 0 Å². The number of hydrogen-bond donors (Lipinski definition) is 3. The van der Waals surface area contributed by atoms with Gasteiger partial charge in [0.2, 0.25) is 10.0 Å². The van der Waals surface area contributed by atoms with Crippen LogP contribution in [0.4, 0.5) is 0 Å². The van der Waals surface area contributed by atoms with Crippen LogP contribution in [0.2, 0.25) is 0 Å². The molecule has 1 heterocycles. The zero-order valence-electron chi connectivity index (χ0n) is 15.5. The summed E-state index contributed by atoms with van der Waals surface area (Å²) in [4.78, 5) is 14.5. The van der Waals surface area contributed by atoms with Crippen LogP contribution in [0.1, 0.15) is 12.5 Å². The van der Waals surface area contributed by atoms with Crippen LogP contribution in [0.5, 0.6) is 0 Å². The van der Waals surface area contributed by atoms with Crippen molar-refractivity contribution in [2.24, 2.45) is 0 Å². The molecule has 0 fully saturated rings. The van der Waals surface area contributed by atoms with Gasteiger partial charge in [0.1, 0.15) is 0 Å². The van der Waals surface area contributed by atoms with Crippen LogP contribution in [0, 0.1) is 0 Å². The molecule has 0 aliphatic carbocycles. The summed E-state index contributed by atoms with van der Waals surface area (Å²) >= 11 is 0. The molecule has 28 heavy (non-hydrogen) atoms. The molecule has 8 heteroatoms. The molecule has 3 N–H and O–H groups in total. The Balaban J connectivity index is 0.00000280. The van der Waals surface area contributed by atoms with Crippen LogP contribution in [0.3, 0.4) is 0 Å². The highest BCUT2D eigenvalue weighted by atomic mass is 35.5. The first-order chi connectivity index (χ1) is 13.0. The van der Waals surface area contributed by atoms with E-state index >= 15 is 0 Å². The number of fused-ring (bicyclic) bond motifs is 1. The average Bonchev–Trinajstić information content (AvgIpc) is 2.66. The number of sulfonamides is 1. The molecule has 0 spiro atoms. The van der Waals surface area contributed by atoms with E-state index in [1.165, 1.54) is 30.0 Å². The summed E-state index contributed by atoms with van der Waals surface area (Å²) in [7, 11) is -3.66. The summed E-state index contributed by atoms with van der Waals surface area (Å²) in [5, 5.41) is 4.33. The minimum Gasteiger partial charge on any atom is -0.329 e. The third kappa shape index (κ3) is 5.65. The molecular formula is C20H24ClN3O3S. The van der Waals surface area contributed by atoms with E-state index in [9.17, 15) is 13.2 Å².